The first-order valence-electron chi connectivity index (χ1n) is 3.25. The molecule has 60 valence electrons. The minimum atomic E-state index is -0.574. The summed E-state index contributed by atoms with van der Waals surface area (Å²) in [6, 6.07) is -0.574. The number of nitrogens with two attached hydrogens (primary N) is 1. The van der Waals surface area contributed by atoms with Crippen molar-refractivity contribution in [2.45, 2.75) is 19.4 Å². The fraction of sp³-hybridized carbons (Fsp3) is 0.833. The first-order chi connectivity index (χ1) is 4.72. The molecule has 0 unspecified atom stereocenters. The van der Waals surface area contributed by atoms with E-state index < -0.39 is 6.04 Å². The van der Waals surface area contributed by atoms with Gasteiger partial charge in [-0.3, -0.25) is 4.79 Å². The van der Waals surface area contributed by atoms with Gasteiger partial charge in [0.1, 0.15) is 6.04 Å². The van der Waals surface area contributed by atoms with E-state index in [1.807, 2.05) is 6.92 Å². The Bertz CT molecular complexity index is 108. The Hall–Kier alpha value is -0.220. The number of hydrogen-bond acceptors (Lipinski definition) is 4. The molecule has 0 saturated carbocycles. The van der Waals surface area contributed by atoms with Gasteiger partial charge in [0.15, 0.2) is 0 Å². The summed E-state index contributed by atoms with van der Waals surface area (Å²) in [6.07, 6.45) is 0.824. The lowest BCUT2D eigenvalue weighted by Crippen LogP contribution is -2.33. The minimum absolute atomic E-state index is 0.336. The van der Waals surface area contributed by atoms with Crippen LogP contribution in [0.25, 0.3) is 0 Å². The molecule has 0 aliphatic heterocycles. The summed E-state index contributed by atoms with van der Waals surface area (Å²) in [5.74, 6) is -0.0282. The van der Waals surface area contributed by atoms with E-state index in [9.17, 15) is 4.79 Å². The summed E-state index contributed by atoms with van der Waals surface area (Å²) >= 11 is 3.85. The van der Waals surface area contributed by atoms with Crippen LogP contribution in [0, 0.1) is 0 Å². The molecule has 0 aliphatic carbocycles. The average Bonchev–Trinajstić information content (AvgIpc) is 1.98. The molecule has 10 heavy (non-hydrogen) atoms. The second kappa shape index (κ2) is 5.56. The lowest BCUT2D eigenvalue weighted by molar-refractivity contribution is -0.144. The summed E-state index contributed by atoms with van der Waals surface area (Å²) in [7, 11) is 0. The van der Waals surface area contributed by atoms with Crippen molar-refractivity contribution in [3.8, 4) is 0 Å². The number of carbonyl (C=O) groups is 1. The predicted molar refractivity (Wildman–Crippen MR) is 43.1 cm³/mol. The fourth-order valence-corrected chi connectivity index (χ4v) is 0.533. The number of hydrogen-bond donors (Lipinski definition) is 2. The Morgan fingerprint density at radius 1 is 1.80 bits per heavy atom. The third-order valence-electron chi connectivity index (χ3n) is 0.948. The predicted octanol–water partition coefficient (Wildman–Crippen LogP) is 0.197. The van der Waals surface area contributed by atoms with Crippen molar-refractivity contribution in [1.82, 2.24) is 0 Å². The van der Waals surface area contributed by atoms with Gasteiger partial charge in [-0.25, -0.2) is 0 Å². The largest absolute Gasteiger partial charge is 0.465 e. The molecule has 0 aromatic carbocycles. The second-order valence-corrected chi connectivity index (χ2v) is 2.32. The first kappa shape index (κ1) is 9.78. The fourth-order valence-electron chi connectivity index (χ4n) is 0.384. The van der Waals surface area contributed by atoms with Crippen LogP contribution < -0.4 is 5.73 Å². The monoisotopic (exact) mass is 163 g/mol. The maximum absolute atomic E-state index is 10.7. The smallest absolute Gasteiger partial charge is 0.323 e. The van der Waals surface area contributed by atoms with Crippen LogP contribution in [0.2, 0.25) is 0 Å². The summed E-state index contributed by atoms with van der Waals surface area (Å²) in [5, 5.41) is 0. The molecule has 1 atom stereocenters. The van der Waals surface area contributed by atoms with Crippen molar-refractivity contribution in [1.29, 1.82) is 0 Å². The summed E-state index contributed by atoms with van der Waals surface area (Å²) in [5.41, 5.74) is 5.31. The summed E-state index contributed by atoms with van der Waals surface area (Å²) in [6.45, 7) is 2.37. The van der Waals surface area contributed by atoms with Crippen molar-refractivity contribution >= 4 is 18.6 Å². The van der Waals surface area contributed by atoms with Crippen LogP contribution in [0.15, 0.2) is 0 Å². The van der Waals surface area contributed by atoms with E-state index in [0.717, 1.165) is 6.42 Å². The number of rotatable bonds is 4. The lowest BCUT2D eigenvalue weighted by Gasteiger charge is -2.06. The highest BCUT2D eigenvalue weighted by Crippen LogP contribution is 1.89. The molecule has 0 saturated heterocycles. The Morgan fingerprint density at radius 2 is 2.40 bits per heavy atom. The SMILES string of the molecule is CCCOC(=O)[C@@H](N)CS. The van der Waals surface area contributed by atoms with Crippen LogP contribution in [-0.2, 0) is 9.53 Å². The van der Waals surface area contributed by atoms with Gasteiger partial charge in [-0.15, -0.1) is 0 Å². The zero-order valence-electron chi connectivity index (χ0n) is 6.04. The highest BCUT2D eigenvalue weighted by molar-refractivity contribution is 7.80. The topological polar surface area (TPSA) is 52.3 Å². The van der Waals surface area contributed by atoms with Gasteiger partial charge < -0.3 is 10.5 Å². The standard InChI is InChI=1S/C6H13NO2S/c1-2-3-9-6(8)5(7)4-10/h5,10H,2-4,7H2,1H3/t5-/m0/s1. The maximum atomic E-state index is 10.7. The van der Waals surface area contributed by atoms with Gasteiger partial charge >= 0.3 is 5.97 Å². The van der Waals surface area contributed by atoms with Crippen LogP contribution in [-0.4, -0.2) is 24.4 Å². The van der Waals surface area contributed by atoms with E-state index in [1.165, 1.54) is 0 Å². The third-order valence-corrected chi connectivity index (χ3v) is 1.34. The zero-order chi connectivity index (χ0) is 7.98. The van der Waals surface area contributed by atoms with Crippen molar-refractivity contribution < 1.29 is 9.53 Å². The van der Waals surface area contributed by atoms with Crippen LogP contribution in [0.3, 0.4) is 0 Å². The van der Waals surface area contributed by atoms with Crippen molar-refractivity contribution in [2.75, 3.05) is 12.4 Å². The Kier molecular flexibility index (Phi) is 5.43. The second-order valence-electron chi connectivity index (χ2n) is 1.96. The van der Waals surface area contributed by atoms with E-state index in [2.05, 4.69) is 12.6 Å². The average molecular weight is 163 g/mol. The highest BCUT2D eigenvalue weighted by atomic mass is 32.1. The van der Waals surface area contributed by atoms with Gasteiger partial charge in [-0.2, -0.15) is 12.6 Å². The quantitative estimate of drug-likeness (QED) is 0.460. The Labute approximate surface area is 66.3 Å². The van der Waals surface area contributed by atoms with Crippen LogP contribution in [0.5, 0.6) is 0 Å². The molecule has 0 radical (unpaired) electrons. The van der Waals surface area contributed by atoms with Crippen molar-refractivity contribution in [3.05, 3.63) is 0 Å². The maximum Gasteiger partial charge on any atom is 0.323 e. The number of carbonyl (C=O) groups excluding carboxylic acids is 1. The van der Waals surface area contributed by atoms with E-state index in [-0.39, 0.29) is 5.97 Å². The van der Waals surface area contributed by atoms with Gasteiger partial charge in [0, 0.05) is 5.75 Å². The Morgan fingerprint density at radius 3 is 2.80 bits per heavy atom. The van der Waals surface area contributed by atoms with Crippen LogP contribution >= 0.6 is 12.6 Å². The van der Waals surface area contributed by atoms with E-state index >= 15 is 0 Å². The molecule has 2 N–H and O–H groups in total. The third kappa shape index (κ3) is 3.74. The van der Waals surface area contributed by atoms with E-state index in [1.54, 1.807) is 0 Å². The molecule has 0 fully saturated rings. The van der Waals surface area contributed by atoms with Crippen molar-refractivity contribution in [2.24, 2.45) is 5.73 Å². The van der Waals surface area contributed by atoms with E-state index in [0.29, 0.717) is 12.4 Å². The molecule has 0 aromatic rings. The van der Waals surface area contributed by atoms with Gasteiger partial charge in [0.25, 0.3) is 0 Å². The molecule has 0 aliphatic rings. The normalized spacial score (nSPS) is 12.7. The number of thiol groups is 1. The van der Waals surface area contributed by atoms with Gasteiger partial charge in [-0.1, -0.05) is 6.92 Å². The molecule has 0 amide bonds. The number of ether oxygens (including phenoxy) is 1. The van der Waals surface area contributed by atoms with Gasteiger partial charge in [0.05, 0.1) is 6.61 Å². The minimum Gasteiger partial charge on any atom is -0.465 e. The first-order valence-corrected chi connectivity index (χ1v) is 3.88. The lowest BCUT2D eigenvalue weighted by atomic mass is 10.4. The molecule has 0 heterocycles. The van der Waals surface area contributed by atoms with Crippen LogP contribution in [0.4, 0.5) is 0 Å². The van der Waals surface area contributed by atoms with Gasteiger partial charge in [0.2, 0.25) is 0 Å². The molecule has 3 nitrogen and oxygen atoms in total. The summed E-state index contributed by atoms with van der Waals surface area (Å²) < 4.78 is 4.73. The molecular formula is C6H13NO2S. The summed E-state index contributed by atoms with van der Waals surface area (Å²) in [4.78, 5) is 10.7. The number of esters is 1. The zero-order valence-corrected chi connectivity index (χ0v) is 6.93. The van der Waals surface area contributed by atoms with Gasteiger partial charge in [-0.05, 0) is 6.42 Å². The highest BCUT2D eigenvalue weighted by Gasteiger charge is 2.11. The Balaban J connectivity index is 3.42. The molecule has 4 heteroatoms. The molecule has 0 bridgehead atoms. The molecular weight excluding hydrogens is 150 g/mol. The molecule has 0 aromatic heterocycles. The van der Waals surface area contributed by atoms with E-state index in [4.69, 9.17) is 10.5 Å². The van der Waals surface area contributed by atoms with Crippen molar-refractivity contribution in [3.63, 3.8) is 0 Å². The molecule has 0 spiro atoms. The van der Waals surface area contributed by atoms with Crippen LogP contribution in [0.1, 0.15) is 13.3 Å². The molecule has 0 rings (SSSR count).